The van der Waals surface area contributed by atoms with Gasteiger partial charge in [0.25, 0.3) is 10.0 Å². The molecule has 1 aliphatic heterocycles. The van der Waals surface area contributed by atoms with Gasteiger partial charge in [0.15, 0.2) is 0 Å². The summed E-state index contributed by atoms with van der Waals surface area (Å²) in [4.78, 5) is 13.3. The summed E-state index contributed by atoms with van der Waals surface area (Å²) in [7, 11) is -5.26. The largest absolute Gasteiger partial charge is 0.495 e. The molecule has 1 aliphatic rings. The number of rotatable bonds is 10. The van der Waals surface area contributed by atoms with E-state index in [-0.39, 0.29) is 32.7 Å². The van der Waals surface area contributed by atoms with E-state index in [0.717, 1.165) is 34.7 Å². The lowest BCUT2D eigenvalue weighted by atomic mass is 10.2. The molecule has 0 unspecified atom stereocenters. The second kappa shape index (κ2) is 12.5. The number of hydrogen-bond donors (Lipinski definition) is 1. The normalized spacial score (nSPS) is 14.3. The first-order valence-corrected chi connectivity index (χ1v) is 16.1. The van der Waals surface area contributed by atoms with Crippen LogP contribution < -0.4 is 19.1 Å². The molecule has 1 saturated heterocycles. The van der Waals surface area contributed by atoms with Crippen LogP contribution in [0.15, 0.2) is 70.5 Å². The van der Waals surface area contributed by atoms with Gasteiger partial charge in [-0.1, -0.05) is 30.2 Å². The smallest absolute Gasteiger partial charge is 0.264 e. The highest BCUT2D eigenvalue weighted by Gasteiger charge is 2.31. The van der Waals surface area contributed by atoms with Gasteiger partial charge in [0.05, 0.1) is 24.8 Å². The summed E-state index contributed by atoms with van der Waals surface area (Å²) in [5, 5.41) is 2.67. The number of carbonyl (C=O) groups excluding carboxylic acids is 1. The third kappa shape index (κ3) is 6.66. The zero-order valence-corrected chi connectivity index (χ0v) is 25.2. The van der Waals surface area contributed by atoms with Crippen molar-refractivity contribution in [2.24, 2.45) is 0 Å². The molecule has 1 heterocycles. The van der Waals surface area contributed by atoms with Crippen molar-refractivity contribution in [2.75, 3.05) is 43.5 Å². The van der Waals surface area contributed by atoms with E-state index >= 15 is 0 Å². The van der Waals surface area contributed by atoms with Gasteiger partial charge in [0, 0.05) is 18.8 Å². The molecule has 220 valence electrons. The van der Waals surface area contributed by atoms with Gasteiger partial charge in [-0.25, -0.2) is 16.8 Å². The quantitative estimate of drug-likeness (QED) is 0.367. The van der Waals surface area contributed by atoms with Crippen LogP contribution in [0.25, 0.3) is 0 Å². The third-order valence-electron chi connectivity index (χ3n) is 6.88. The van der Waals surface area contributed by atoms with Crippen molar-refractivity contribution in [3.8, 4) is 11.5 Å². The molecule has 3 aromatic rings. The highest BCUT2D eigenvalue weighted by Crippen LogP contribution is 2.34. The number of hydrogen-bond acceptors (Lipinski definition) is 7. The van der Waals surface area contributed by atoms with Crippen molar-refractivity contribution in [1.29, 1.82) is 0 Å². The standard InChI is InChI=1S/C29H35N3O7S2/c1-21-8-12-24(13-9-21)40(34,35)32(25-18-22(2)10-14-26(25)38-3)20-29(33)30-23-11-15-27(39-4)28(19-23)41(36,37)31-16-6-5-7-17-31/h8-15,18-19H,5-7,16-17,20H2,1-4H3,(H,30,33). The summed E-state index contributed by atoms with van der Waals surface area (Å²) in [6.07, 6.45) is 2.50. The minimum Gasteiger partial charge on any atom is -0.495 e. The number of benzene rings is 3. The molecule has 1 N–H and O–H groups in total. The van der Waals surface area contributed by atoms with Crippen molar-refractivity contribution in [3.63, 3.8) is 0 Å². The average molecular weight is 602 g/mol. The topological polar surface area (TPSA) is 122 Å². The van der Waals surface area contributed by atoms with Gasteiger partial charge in [0.1, 0.15) is 22.9 Å². The van der Waals surface area contributed by atoms with Gasteiger partial charge in [0.2, 0.25) is 15.9 Å². The molecule has 10 nitrogen and oxygen atoms in total. The van der Waals surface area contributed by atoms with Gasteiger partial charge in [-0.3, -0.25) is 9.10 Å². The fourth-order valence-corrected chi connectivity index (χ4v) is 7.79. The predicted octanol–water partition coefficient (Wildman–Crippen LogP) is 4.33. The molecule has 0 aromatic heterocycles. The Labute approximate surface area is 242 Å². The Morgan fingerprint density at radius 3 is 2.07 bits per heavy atom. The zero-order chi connectivity index (χ0) is 29.8. The number of methoxy groups -OCH3 is 2. The van der Waals surface area contributed by atoms with Crippen molar-refractivity contribution in [3.05, 3.63) is 71.8 Å². The molecule has 0 bridgehead atoms. The Morgan fingerprint density at radius 2 is 1.44 bits per heavy atom. The van der Waals surface area contributed by atoms with Gasteiger partial charge < -0.3 is 14.8 Å². The van der Waals surface area contributed by atoms with Crippen LogP contribution >= 0.6 is 0 Å². The van der Waals surface area contributed by atoms with Crippen molar-refractivity contribution in [2.45, 2.75) is 42.9 Å². The lowest BCUT2D eigenvalue weighted by Gasteiger charge is -2.27. The Bertz CT molecular complexity index is 1620. The SMILES string of the molecule is COc1ccc(C)cc1N(CC(=O)Nc1ccc(OC)c(S(=O)(=O)N2CCCCC2)c1)S(=O)(=O)c1ccc(C)cc1. The Hall–Kier alpha value is -3.61. The van der Waals surface area contributed by atoms with Gasteiger partial charge >= 0.3 is 0 Å². The summed E-state index contributed by atoms with van der Waals surface area (Å²) >= 11 is 0. The number of sulfonamides is 2. The van der Waals surface area contributed by atoms with Crippen LogP contribution in [-0.2, 0) is 24.8 Å². The molecule has 12 heteroatoms. The van der Waals surface area contributed by atoms with Crippen LogP contribution in [0.3, 0.4) is 0 Å². The Morgan fingerprint density at radius 1 is 0.829 bits per heavy atom. The molecule has 0 radical (unpaired) electrons. The average Bonchev–Trinajstić information content (AvgIpc) is 2.96. The maximum Gasteiger partial charge on any atom is 0.264 e. The van der Waals surface area contributed by atoms with Gasteiger partial charge in [-0.2, -0.15) is 4.31 Å². The number of ether oxygens (including phenoxy) is 2. The Kier molecular flexibility index (Phi) is 9.25. The number of nitrogens with one attached hydrogen (secondary N) is 1. The van der Waals surface area contributed by atoms with Crippen LogP contribution in [0, 0.1) is 13.8 Å². The van der Waals surface area contributed by atoms with Crippen LogP contribution in [0.2, 0.25) is 0 Å². The van der Waals surface area contributed by atoms with Crippen LogP contribution in [0.1, 0.15) is 30.4 Å². The first-order chi connectivity index (χ1) is 19.5. The summed E-state index contributed by atoms with van der Waals surface area (Å²) in [6.45, 7) is 3.88. The molecule has 0 spiro atoms. The number of amides is 1. The van der Waals surface area contributed by atoms with E-state index in [1.165, 1.54) is 48.9 Å². The maximum atomic E-state index is 13.8. The molecule has 0 aliphatic carbocycles. The summed E-state index contributed by atoms with van der Waals surface area (Å²) < 4.78 is 67.7. The molecular formula is C29H35N3O7S2. The summed E-state index contributed by atoms with van der Waals surface area (Å²) in [5.41, 5.74) is 2.05. The minimum absolute atomic E-state index is 0.0128. The first-order valence-electron chi connectivity index (χ1n) is 13.2. The highest BCUT2D eigenvalue weighted by atomic mass is 32.2. The summed E-state index contributed by atoms with van der Waals surface area (Å²) in [6, 6.07) is 15.7. The monoisotopic (exact) mass is 601 g/mol. The molecule has 3 aromatic carbocycles. The van der Waals surface area contributed by atoms with E-state index in [1.807, 2.05) is 6.92 Å². The van der Waals surface area contributed by atoms with Crippen molar-refractivity contribution >= 4 is 37.3 Å². The fraction of sp³-hybridized carbons (Fsp3) is 0.345. The molecule has 41 heavy (non-hydrogen) atoms. The molecular weight excluding hydrogens is 566 g/mol. The number of piperidine rings is 1. The predicted molar refractivity (Wildman–Crippen MR) is 158 cm³/mol. The van der Waals surface area contributed by atoms with E-state index in [0.29, 0.717) is 13.1 Å². The van der Waals surface area contributed by atoms with Crippen molar-refractivity contribution in [1.82, 2.24) is 4.31 Å². The number of nitrogens with zero attached hydrogens (tertiary/aromatic N) is 2. The summed E-state index contributed by atoms with van der Waals surface area (Å²) in [5.74, 6) is -0.240. The van der Waals surface area contributed by atoms with Crippen LogP contribution in [0.5, 0.6) is 11.5 Å². The van der Waals surface area contributed by atoms with Gasteiger partial charge in [-0.15, -0.1) is 0 Å². The van der Waals surface area contributed by atoms with Crippen molar-refractivity contribution < 1.29 is 31.1 Å². The minimum atomic E-state index is -4.19. The second-order valence-corrected chi connectivity index (χ2v) is 13.6. The molecule has 1 fully saturated rings. The van der Waals surface area contributed by atoms with E-state index in [2.05, 4.69) is 5.32 Å². The maximum absolute atomic E-state index is 13.8. The number of carbonyl (C=O) groups is 1. The van der Waals surface area contributed by atoms with E-state index < -0.39 is 32.5 Å². The number of anilines is 2. The highest BCUT2D eigenvalue weighted by molar-refractivity contribution is 7.93. The third-order valence-corrected chi connectivity index (χ3v) is 10.6. The molecule has 1 amide bonds. The second-order valence-electron chi connectivity index (χ2n) is 9.88. The first kappa shape index (κ1) is 30.4. The lowest BCUT2D eigenvalue weighted by molar-refractivity contribution is -0.114. The van der Waals surface area contributed by atoms with E-state index in [4.69, 9.17) is 9.47 Å². The number of aryl methyl sites for hydroxylation is 2. The van der Waals surface area contributed by atoms with Gasteiger partial charge in [-0.05, 0) is 74.7 Å². The molecule has 0 atom stereocenters. The zero-order valence-electron chi connectivity index (χ0n) is 23.6. The van der Waals surface area contributed by atoms with E-state index in [1.54, 1.807) is 37.3 Å². The van der Waals surface area contributed by atoms with E-state index in [9.17, 15) is 21.6 Å². The fourth-order valence-electron chi connectivity index (χ4n) is 4.66. The lowest BCUT2D eigenvalue weighted by Crippen LogP contribution is -2.38. The van der Waals surface area contributed by atoms with Crippen LogP contribution in [0.4, 0.5) is 11.4 Å². The molecule has 4 rings (SSSR count). The molecule has 0 saturated carbocycles. The van der Waals surface area contributed by atoms with Crippen LogP contribution in [-0.4, -0.2) is 60.9 Å². The Balaban J connectivity index is 1.69.